The van der Waals surface area contributed by atoms with Crippen LogP contribution >= 0.6 is 11.3 Å². The number of benzene rings is 2. The molecule has 2 aromatic heterocycles. The highest BCUT2D eigenvalue weighted by atomic mass is 32.1. The first-order valence-corrected chi connectivity index (χ1v) is 9.61. The van der Waals surface area contributed by atoms with Crippen molar-refractivity contribution in [3.05, 3.63) is 63.8 Å². The molecule has 0 aliphatic heterocycles. The predicted octanol–water partition coefficient (Wildman–Crippen LogP) is 3.60. The summed E-state index contributed by atoms with van der Waals surface area (Å²) in [6.07, 6.45) is 1.83. The number of aromatic nitrogens is 3. The molecule has 2 heterocycles. The number of nitrogens with zero attached hydrogens (tertiary/aromatic N) is 3. The van der Waals surface area contributed by atoms with Gasteiger partial charge in [0.1, 0.15) is 11.6 Å². The van der Waals surface area contributed by atoms with Crippen molar-refractivity contribution < 1.29 is 4.79 Å². The van der Waals surface area contributed by atoms with E-state index in [4.69, 9.17) is 0 Å². The Hall–Kier alpha value is -3.06. The third kappa shape index (κ3) is 3.33. The van der Waals surface area contributed by atoms with Crippen molar-refractivity contribution in [2.45, 2.75) is 26.3 Å². The maximum atomic E-state index is 12.8. The van der Waals surface area contributed by atoms with E-state index in [9.17, 15) is 9.59 Å². The van der Waals surface area contributed by atoms with E-state index in [0.29, 0.717) is 15.9 Å². The fourth-order valence-electron chi connectivity index (χ4n) is 3.17. The molecule has 0 fully saturated rings. The van der Waals surface area contributed by atoms with E-state index >= 15 is 0 Å². The molecular formula is C20H18N4O2S. The number of carbonyl (C=O) groups is 1. The fraction of sp³-hybridized carbons (Fsp3) is 0.200. The summed E-state index contributed by atoms with van der Waals surface area (Å²) in [5, 5.41) is 13.5. The quantitative estimate of drug-likeness (QED) is 0.538. The molecule has 0 aliphatic carbocycles. The number of hydrogen-bond acceptors (Lipinski definition) is 5. The minimum absolute atomic E-state index is 0.0220. The maximum absolute atomic E-state index is 12.8. The first-order chi connectivity index (χ1) is 13.2. The second-order valence-electron chi connectivity index (χ2n) is 6.25. The van der Waals surface area contributed by atoms with Gasteiger partial charge in [-0.2, -0.15) is 0 Å². The van der Waals surface area contributed by atoms with E-state index in [-0.39, 0.29) is 17.9 Å². The molecule has 0 atom stereocenters. The molecule has 2 aromatic carbocycles. The average Bonchev–Trinajstić information content (AvgIpc) is 3.12. The molecule has 1 amide bonds. The molecule has 7 heteroatoms. The summed E-state index contributed by atoms with van der Waals surface area (Å²) in [4.78, 5) is 25.4. The molecule has 0 unspecified atom stereocenters. The molecule has 1 N–H and O–H groups in total. The maximum Gasteiger partial charge on any atom is 0.246 e. The van der Waals surface area contributed by atoms with Crippen molar-refractivity contribution in [3.8, 4) is 0 Å². The Kier molecular flexibility index (Phi) is 4.68. The Balaban J connectivity index is 1.72. The van der Waals surface area contributed by atoms with Gasteiger partial charge in [0.15, 0.2) is 5.43 Å². The highest BCUT2D eigenvalue weighted by molar-refractivity contribution is 7.15. The minimum Gasteiger partial charge on any atom is -0.331 e. The van der Waals surface area contributed by atoms with Gasteiger partial charge in [-0.15, -0.1) is 10.2 Å². The molecule has 0 bridgehead atoms. The van der Waals surface area contributed by atoms with Gasteiger partial charge in [-0.25, -0.2) is 0 Å². The van der Waals surface area contributed by atoms with Crippen LogP contribution in [0.1, 0.15) is 18.4 Å². The van der Waals surface area contributed by atoms with Gasteiger partial charge in [0.05, 0.1) is 11.0 Å². The Labute approximate surface area is 159 Å². The second kappa shape index (κ2) is 7.28. The third-order valence-electron chi connectivity index (χ3n) is 4.36. The highest BCUT2D eigenvalue weighted by Crippen LogP contribution is 2.20. The van der Waals surface area contributed by atoms with Crippen molar-refractivity contribution in [2.24, 2.45) is 0 Å². The third-order valence-corrected chi connectivity index (χ3v) is 5.26. The number of nitrogens with one attached hydrogen (secondary N) is 1. The van der Waals surface area contributed by atoms with Crippen LogP contribution in [0.5, 0.6) is 0 Å². The monoisotopic (exact) mass is 378 g/mol. The molecule has 0 saturated carbocycles. The Morgan fingerprint density at radius 1 is 1.04 bits per heavy atom. The van der Waals surface area contributed by atoms with Crippen LogP contribution in [0, 0.1) is 0 Å². The molecule has 27 heavy (non-hydrogen) atoms. The van der Waals surface area contributed by atoms with Gasteiger partial charge in [0.25, 0.3) is 0 Å². The van der Waals surface area contributed by atoms with Crippen molar-refractivity contribution in [3.63, 3.8) is 0 Å². The van der Waals surface area contributed by atoms with Crippen LogP contribution < -0.4 is 10.7 Å². The Bertz CT molecular complexity index is 1140. The standard InChI is InChI=1S/C20H18N4O2S/c1-2-7-18-22-23-20(27-18)21-17(25)12-24-15-10-5-3-8-13(15)19(26)14-9-4-6-11-16(14)24/h3-6,8-11H,2,7,12H2,1H3,(H,21,23,25). The lowest BCUT2D eigenvalue weighted by atomic mass is 10.1. The summed E-state index contributed by atoms with van der Waals surface area (Å²) in [5.41, 5.74) is 1.45. The lowest BCUT2D eigenvalue weighted by Crippen LogP contribution is -2.21. The smallest absolute Gasteiger partial charge is 0.246 e. The predicted molar refractivity (Wildman–Crippen MR) is 108 cm³/mol. The Morgan fingerprint density at radius 3 is 2.30 bits per heavy atom. The molecule has 0 spiro atoms. The van der Waals surface area contributed by atoms with Gasteiger partial charge in [-0.3, -0.25) is 14.9 Å². The number of pyridine rings is 1. The lowest BCUT2D eigenvalue weighted by Gasteiger charge is -2.14. The van der Waals surface area contributed by atoms with Crippen LogP contribution in [0.2, 0.25) is 0 Å². The molecule has 6 nitrogen and oxygen atoms in total. The van der Waals surface area contributed by atoms with Gasteiger partial charge in [-0.05, 0) is 30.7 Å². The number of fused-ring (bicyclic) bond motifs is 2. The first-order valence-electron chi connectivity index (χ1n) is 8.80. The van der Waals surface area contributed by atoms with Crippen molar-refractivity contribution in [1.82, 2.24) is 14.8 Å². The summed E-state index contributed by atoms with van der Waals surface area (Å²) in [6, 6.07) is 14.7. The van der Waals surface area contributed by atoms with E-state index in [1.807, 2.05) is 41.0 Å². The normalized spacial score (nSPS) is 11.1. The molecule has 0 saturated heterocycles. The van der Waals surface area contributed by atoms with Crippen LogP contribution in [0.15, 0.2) is 53.3 Å². The number of hydrogen-bond donors (Lipinski definition) is 1. The van der Waals surface area contributed by atoms with E-state index in [2.05, 4.69) is 22.4 Å². The largest absolute Gasteiger partial charge is 0.331 e. The zero-order valence-corrected chi connectivity index (χ0v) is 15.6. The van der Waals surface area contributed by atoms with E-state index in [1.54, 1.807) is 12.1 Å². The average molecular weight is 378 g/mol. The summed E-state index contributed by atoms with van der Waals surface area (Å²) < 4.78 is 1.87. The van der Waals surface area contributed by atoms with Crippen LogP contribution in [0.3, 0.4) is 0 Å². The van der Waals surface area contributed by atoms with Crippen LogP contribution in [0.25, 0.3) is 21.8 Å². The number of aryl methyl sites for hydroxylation is 1. The molecule has 136 valence electrons. The summed E-state index contributed by atoms with van der Waals surface area (Å²) in [6.45, 7) is 2.16. The molecule has 0 aliphatic rings. The molecule has 4 aromatic rings. The van der Waals surface area contributed by atoms with Gasteiger partial charge in [-0.1, -0.05) is 42.5 Å². The molecule has 0 radical (unpaired) electrons. The highest BCUT2D eigenvalue weighted by Gasteiger charge is 2.14. The fourth-order valence-corrected chi connectivity index (χ4v) is 4.03. The van der Waals surface area contributed by atoms with Crippen LogP contribution in [-0.4, -0.2) is 20.7 Å². The number of anilines is 1. The summed E-state index contributed by atoms with van der Waals surface area (Å²) in [7, 11) is 0. The second-order valence-corrected chi connectivity index (χ2v) is 7.31. The van der Waals surface area contributed by atoms with Crippen molar-refractivity contribution in [1.29, 1.82) is 0 Å². The number of amides is 1. The summed E-state index contributed by atoms with van der Waals surface area (Å²) >= 11 is 1.39. The van der Waals surface area contributed by atoms with E-state index in [1.165, 1.54) is 11.3 Å². The van der Waals surface area contributed by atoms with E-state index < -0.39 is 0 Å². The van der Waals surface area contributed by atoms with Gasteiger partial charge >= 0.3 is 0 Å². The number of para-hydroxylation sites is 2. The zero-order valence-electron chi connectivity index (χ0n) is 14.8. The minimum atomic E-state index is -0.201. The zero-order chi connectivity index (χ0) is 18.8. The molecular weight excluding hydrogens is 360 g/mol. The molecule has 4 rings (SSSR count). The van der Waals surface area contributed by atoms with Crippen LogP contribution in [-0.2, 0) is 17.8 Å². The van der Waals surface area contributed by atoms with Gasteiger partial charge in [0, 0.05) is 17.2 Å². The number of rotatable bonds is 5. The number of carbonyl (C=O) groups excluding carboxylic acids is 1. The van der Waals surface area contributed by atoms with E-state index in [0.717, 1.165) is 28.9 Å². The lowest BCUT2D eigenvalue weighted by molar-refractivity contribution is -0.116. The first kappa shape index (κ1) is 17.4. The van der Waals surface area contributed by atoms with Gasteiger partial charge < -0.3 is 4.57 Å². The van der Waals surface area contributed by atoms with Crippen molar-refractivity contribution >= 4 is 44.2 Å². The Morgan fingerprint density at radius 2 is 1.67 bits per heavy atom. The van der Waals surface area contributed by atoms with Crippen LogP contribution in [0.4, 0.5) is 5.13 Å². The topological polar surface area (TPSA) is 76.9 Å². The van der Waals surface area contributed by atoms with Crippen molar-refractivity contribution in [2.75, 3.05) is 5.32 Å². The summed E-state index contributed by atoms with van der Waals surface area (Å²) in [5.74, 6) is -0.201. The van der Waals surface area contributed by atoms with Gasteiger partial charge in [0.2, 0.25) is 11.0 Å². The SMILES string of the molecule is CCCc1nnc(NC(=O)Cn2c3ccccc3c(=O)c3ccccc32)s1.